The Morgan fingerprint density at radius 3 is 2.48 bits per heavy atom. The maximum atomic E-state index is 12.3. The van der Waals surface area contributed by atoms with Gasteiger partial charge in [-0.25, -0.2) is 4.79 Å². The number of rotatable bonds is 1. The SMILES string of the molecule is CC(C)(C)OC(=O)NCC#Cc1ccc(C(F)(F)F)nc1. The molecule has 0 saturated heterocycles. The van der Waals surface area contributed by atoms with Crippen LogP contribution in [0.4, 0.5) is 18.0 Å². The van der Waals surface area contributed by atoms with E-state index in [2.05, 4.69) is 22.1 Å². The van der Waals surface area contributed by atoms with Gasteiger partial charge in [0.1, 0.15) is 11.3 Å². The molecule has 114 valence electrons. The minimum atomic E-state index is -4.47. The molecule has 7 heteroatoms. The minimum absolute atomic E-state index is 0.0237. The third-order valence-corrected chi connectivity index (χ3v) is 2.01. The lowest BCUT2D eigenvalue weighted by atomic mass is 10.2. The summed E-state index contributed by atoms with van der Waals surface area (Å²) in [5.74, 6) is 5.18. The van der Waals surface area contributed by atoms with E-state index in [-0.39, 0.29) is 6.54 Å². The molecular formula is C14H15F3N2O2. The number of hydrogen-bond donors (Lipinski definition) is 1. The van der Waals surface area contributed by atoms with E-state index in [1.165, 1.54) is 6.07 Å². The van der Waals surface area contributed by atoms with Crippen LogP contribution in [0.3, 0.4) is 0 Å². The molecule has 1 aromatic heterocycles. The lowest BCUT2D eigenvalue weighted by Crippen LogP contribution is -2.32. The molecule has 0 spiro atoms. The normalized spacial score (nSPS) is 11.3. The van der Waals surface area contributed by atoms with Crippen molar-refractivity contribution in [3.8, 4) is 11.8 Å². The average molecular weight is 300 g/mol. The number of carbonyl (C=O) groups excluding carboxylic acids is 1. The van der Waals surface area contributed by atoms with Crippen LogP contribution in [0, 0.1) is 11.8 Å². The molecule has 0 atom stereocenters. The molecule has 1 aromatic rings. The summed E-state index contributed by atoms with van der Waals surface area (Å²) in [6.45, 7) is 5.21. The zero-order chi connectivity index (χ0) is 16.1. The van der Waals surface area contributed by atoms with E-state index in [0.717, 1.165) is 12.3 Å². The van der Waals surface area contributed by atoms with Crippen molar-refractivity contribution < 1.29 is 22.7 Å². The van der Waals surface area contributed by atoms with Gasteiger partial charge in [-0.2, -0.15) is 13.2 Å². The van der Waals surface area contributed by atoms with Crippen molar-refractivity contribution >= 4 is 6.09 Å². The number of aromatic nitrogens is 1. The Bertz CT molecular complexity index is 549. The van der Waals surface area contributed by atoms with Crippen LogP contribution in [0.5, 0.6) is 0 Å². The van der Waals surface area contributed by atoms with Gasteiger partial charge in [-0.3, -0.25) is 4.98 Å². The molecule has 0 fully saturated rings. The molecule has 1 rings (SSSR count). The number of halogens is 3. The zero-order valence-corrected chi connectivity index (χ0v) is 11.8. The van der Waals surface area contributed by atoms with Crippen LogP contribution in [0.15, 0.2) is 18.3 Å². The summed E-state index contributed by atoms with van der Waals surface area (Å²) in [6, 6.07) is 2.07. The molecule has 0 bridgehead atoms. The highest BCUT2D eigenvalue weighted by Crippen LogP contribution is 2.26. The van der Waals surface area contributed by atoms with E-state index in [1.54, 1.807) is 20.8 Å². The Labute approximate surface area is 120 Å². The Morgan fingerprint density at radius 1 is 1.33 bits per heavy atom. The number of alkyl halides is 3. The van der Waals surface area contributed by atoms with Crippen molar-refractivity contribution in [2.24, 2.45) is 0 Å². The second-order valence-corrected chi connectivity index (χ2v) is 5.09. The summed E-state index contributed by atoms with van der Waals surface area (Å²) in [5.41, 5.74) is -1.25. The fourth-order valence-corrected chi connectivity index (χ4v) is 1.21. The van der Waals surface area contributed by atoms with Crippen LogP contribution in [0.2, 0.25) is 0 Å². The third-order valence-electron chi connectivity index (χ3n) is 2.01. The summed E-state index contributed by atoms with van der Waals surface area (Å²) in [4.78, 5) is 14.6. The highest BCUT2D eigenvalue weighted by Gasteiger charge is 2.31. The van der Waals surface area contributed by atoms with Crippen LogP contribution < -0.4 is 5.32 Å². The fourth-order valence-electron chi connectivity index (χ4n) is 1.21. The van der Waals surface area contributed by atoms with Gasteiger partial charge in [0, 0.05) is 11.8 Å². The molecule has 21 heavy (non-hydrogen) atoms. The largest absolute Gasteiger partial charge is 0.444 e. The van der Waals surface area contributed by atoms with Crippen LogP contribution in [-0.2, 0) is 10.9 Å². The Kier molecular flexibility index (Phi) is 5.19. The average Bonchev–Trinajstić information content (AvgIpc) is 2.32. The molecular weight excluding hydrogens is 285 g/mol. The second-order valence-electron chi connectivity index (χ2n) is 5.09. The summed E-state index contributed by atoms with van der Waals surface area (Å²) in [5, 5.41) is 2.41. The van der Waals surface area contributed by atoms with Crippen molar-refractivity contribution in [2.45, 2.75) is 32.5 Å². The number of nitrogens with one attached hydrogen (secondary N) is 1. The van der Waals surface area contributed by atoms with E-state index in [9.17, 15) is 18.0 Å². The van der Waals surface area contributed by atoms with Crippen LogP contribution >= 0.6 is 0 Å². The minimum Gasteiger partial charge on any atom is -0.444 e. The molecule has 1 amide bonds. The molecule has 0 aliphatic heterocycles. The first kappa shape index (κ1) is 16.8. The van der Waals surface area contributed by atoms with Crippen molar-refractivity contribution in [3.05, 3.63) is 29.6 Å². The topological polar surface area (TPSA) is 51.2 Å². The van der Waals surface area contributed by atoms with Crippen molar-refractivity contribution in [3.63, 3.8) is 0 Å². The lowest BCUT2D eigenvalue weighted by Gasteiger charge is -2.18. The molecule has 0 unspecified atom stereocenters. The van der Waals surface area contributed by atoms with E-state index in [4.69, 9.17) is 4.74 Å². The Balaban J connectivity index is 2.51. The predicted octanol–water partition coefficient (Wildman–Crippen LogP) is 2.98. The van der Waals surface area contributed by atoms with E-state index < -0.39 is 23.6 Å². The van der Waals surface area contributed by atoms with Gasteiger partial charge >= 0.3 is 12.3 Å². The lowest BCUT2D eigenvalue weighted by molar-refractivity contribution is -0.141. The molecule has 0 radical (unpaired) electrons. The van der Waals surface area contributed by atoms with E-state index in [0.29, 0.717) is 5.56 Å². The van der Waals surface area contributed by atoms with Crippen molar-refractivity contribution in [2.75, 3.05) is 6.54 Å². The number of alkyl carbamates (subject to hydrolysis) is 1. The predicted molar refractivity (Wildman–Crippen MR) is 70.4 cm³/mol. The second kappa shape index (κ2) is 6.48. The summed E-state index contributed by atoms with van der Waals surface area (Å²) >= 11 is 0. The fraction of sp³-hybridized carbons (Fsp3) is 0.429. The standard InChI is InChI=1S/C14H15F3N2O2/c1-13(2,3)21-12(20)18-8-4-5-10-6-7-11(19-9-10)14(15,16)17/h6-7,9H,8H2,1-3H3,(H,18,20). The first-order valence-corrected chi connectivity index (χ1v) is 6.07. The number of nitrogens with zero attached hydrogens (tertiary/aromatic N) is 1. The number of hydrogen-bond acceptors (Lipinski definition) is 3. The Hall–Kier alpha value is -2.23. The first-order valence-electron chi connectivity index (χ1n) is 6.07. The summed E-state index contributed by atoms with van der Waals surface area (Å²) in [7, 11) is 0. The maximum Gasteiger partial charge on any atom is 0.433 e. The van der Waals surface area contributed by atoms with Gasteiger partial charge in [-0.15, -0.1) is 0 Å². The highest BCUT2D eigenvalue weighted by atomic mass is 19.4. The molecule has 0 saturated carbocycles. The smallest absolute Gasteiger partial charge is 0.433 e. The van der Waals surface area contributed by atoms with Gasteiger partial charge in [0.05, 0.1) is 6.54 Å². The van der Waals surface area contributed by atoms with Gasteiger partial charge in [0.25, 0.3) is 0 Å². The maximum absolute atomic E-state index is 12.3. The number of carbonyl (C=O) groups is 1. The van der Waals surface area contributed by atoms with Crippen LogP contribution in [-0.4, -0.2) is 23.2 Å². The van der Waals surface area contributed by atoms with Crippen molar-refractivity contribution in [1.82, 2.24) is 10.3 Å². The van der Waals surface area contributed by atoms with Crippen LogP contribution in [0.1, 0.15) is 32.0 Å². The first-order chi connectivity index (χ1) is 9.58. The van der Waals surface area contributed by atoms with Gasteiger partial charge in [0.15, 0.2) is 0 Å². The number of ether oxygens (including phenoxy) is 1. The number of pyridine rings is 1. The molecule has 1 N–H and O–H groups in total. The highest BCUT2D eigenvalue weighted by molar-refractivity contribution is 5.68. The van der Waals surface area contributed by atoms with Gasteiger partial charge in [-0.1, -0.05) is 11.8 Å². The monoisotopic (exact) mass is 300 g/mol. The summed E-state index contributed by atoms with van der Waals surface area (Å²) < 4.78 is 41.9. The van der Waals surface area contributed by atoms with E-state index >= 15 is 0 Å². The molecule has 1 heterocycles. The third kappa shape index (κ3) is 6.65. The van der Waals surface area contributed by atoms with Gasteiger partial charge < -0.3 is 10.1 Å². The van der Waals surface area contributed by atoms with Crippen LogP contribution in [0.25, 0.3) is 0 Å². The summed E-state index contributed by atoms with van der Waals surface area (Å²) in [6.07, 6.45) is -4.05. The van der Waals surface area contributed by atoms with E-state index in [1.807, 2.05) is 0 Å². The molecule has 0 aliphatic rings. The Morgan fingerprint density at radius 2 is 2.00 bits per heavy atom. The molecule has 0 aliphatic carbocycles. The van der Waals surface area contributed by atoms with Gasteiger partial charge in [-0.05, 0) is 32.9 Å². The molecule has 4 nitrogen and oxygen atoms in total. The zero-order valence-electron chi connectivity index (χ0n) is 11.8. The molecule has 0 aromatic carbocycles. The quantitative estimate of drug-likeness (QED) is 0.811. The van der Waals surface area contributed by atoms with Gasteiger partial charge in [0.2, 0.25) is 0 Å². The van der Waals surface area contributed by atoms with Crippen molar-refractivity contribution in [1.29, 1.82) is 0 Å². The number of amides is 1.